The number of hydrogen-bond acceptors (Lipinski definition) is 2. The number of fused-ring (bicyclic) bond motifs is 1. The number of carbonyl (C=O) groups excluding carboxylic acids is 1. The Morgan fingerprint density at radius 3 is 2.44 bits per heavy atom. The van der Waals surface area contributed by atoms with E-state index in [0.29, 0.717) is 21.3 Å². The van der Waals surface area contributed by atoms with Gasteiger partial charge in [0.05, 0.1) is 0 Å². The van der Waals surface area contributed by atoms with Gasteiger partial charge in [0, 0.05) is 26.7 Å². The van der Waals surface area contributed by atoms with Gasteiger partial charge in [-0.2, -0.15) is 0 Å². The average Bonchev–Trinajstić information content (AvgIpc) is 2.58. The van der Waals surface area contributed by atoms with Crippen molar-refractivity contribution in [2.45, 2.75) is 6.92 Å². The Labute approximate surface area is 160 Å². The third-order valence-corrected chi connectivity index (χ3v) is 4.71. The zero-order valence-corrected chi connectivity index (χ0v) is 15.6. The van der Waals surface area contributed by atoms with Crippen molar-refractivity contribution in [2.75, 3.05) is 5.32 Å². The Morgan fingerprint density at radius 1 is 0.960 bits per heavy atom. The van der Waals surface area contributed by atoms with Gasteiger partial charge < -0.3 is 5.32 Å². The molecule has 0 bridgehead atoms. The maximum atomic E-state index is 12.6. The Balaban J connectivity index is 1.79. The van der Waals surface area contributed by atoms with Crippen LogP contribution >= 0.6 is 35.4 Å². The van der Waals surface area contributed by atoms with Gasteiger partial charge in [-0.05, 0) is 54.4 Å². The maximum absolute atomic E-state index is 12.6. The summed E-state index contributed by atoms with van der Waals surface area (Å²) in [4.78, 5) is 12.6. The van der Waals surface area contributed by atoms with Crippen LogP contribution in [0.3, 0.4) is 0 Å². The van der Waals surface area contributed by atoms with E-state index in [4.69, 9.17) is 35.4 Å². The van der Waals surface area contributed by atoms with Crippen LogP contribution in [0.2, 0.25) is 10.0 Å². The molecule has 0 aliphatic heterocycles. The predicted octanol–water partition coefficient (Wildman–Crippen LogP) is 5.58. The van der Waals surface area contributed by atoms with E-state index in [0.717, 1.165) is 16.3 Å². The first-order valence-electron chi connectivity index (χ1n) is 7.51. The lowest BCUT2D eigenvalue weighted by atomic mass is 10.0. The number of amides is 1. The number of rotatable bonds is 2. The van der Waals surface area contributed by atoms with Crippen LogP contribution in [-0.2, 0) is 0 Å². The second-order valence-corrected chi connectivity index (χ2v) is 6.74. The lowest BCUT2D eigenvalue weighted by Crippen LogP contribution is -2.34. The van der Waals surface area contributed by atoms with Gasteiger partial charge in [0.15, 0.2) is 5.11 Å². The zero-order chi connectivity index (χ0) is 18.0. The van der Waals surface area contributed by atoms with Crippen molar-refractivity contribution < 1.29 is 4.79 Å². The largest absolute Gasteiger partial charge is 0.332 e. The number of anilines is 1. The fourth-order valence-electron chi connectivity index (χ4n) is 2.47. The Kier molecular flexibility index (Phi) is 5.23. The molecule has 0 aliphatic carbocycles. The highest BCUT2D eigenvalue weighted by Crippen LogP contribution is 2.26. The number of nitrogens with one attached hydrogen (secondary N) is 2. The molecule has 0 aromatic heterocycles. The van der Waals surface area contributed by atoms with Crippen LogP contribution in [0.4, 0.5) is 5.69 Å². The van der Waals surface area contributed by atoms with Crippen molar-refractivity contribution in [2.24, 2.45) is 0 Å². The van der Waals surface area contributed by atoms with Gasteiger partial charge in [0.25, 0.3) is 5.91 Å². The van der Waals surface area contributed by atoms with E-state index < -0.39 is 0 Å². The summed E-state index contributed by atoms with van der Waals surface area (Å²) in [6.45, 7) is 1.91. The molecule has 0 saturated heterocycles. The quantitative estimate of drug-likeness (QED) is 0.562. The molecule has 0 atom stereocenters. The van der Waals surface area contributed by atoms with Gasteiger partial charge in [-0.3, -0.25) is 10.1 Å². The lowest BCUT2D eigenvalue weighted by molar-refractivity contribution is 0.0979. The lowest BCUT2D eigenvalue weighted by Gasteiger charge is -2.12. The summed E-state index contributed by atoms with van der Waals surface area (Å²) in [5, 5.41) is 8.66. The van der Waals surface area contributed by atoms with Gasteiger partial charge in [-0.15, -0.1) is 0 Å². The number of aryl methyl sites for hydroxylation is 1. The summed E-state index contributed by atoms with van der Waals surface area (Å²) < 4.78 is 0. The van der Waals surface area contributed by atoms with E-state index in [1.54, 1.807) is 24.3 Å². The van der Waals surface area contributed by atoms with Crippen LogP contribution in [0.1, 0.15) is 15.9 Å². The SMILES string of the molecule is Cc1ccc(NC(=S)NC(=O)c2cccc3c(Cl)cccc23)cc1Cl. The molecule has 3 rings (SSSR count). The molecule has 3 nitrogen and oxygen atoms in total. The minimum absolute atomic E-state index is 0.198. The standard InChI is InChI=1S/C19H14Cl2N2OS/c1-11-8-9-12(10-17(11)21)22-19(25)23-18(24)15-6-2-5-14-13(15)4-3-7-16(14)20/h2-10H,1H3,(H2,22,23,24,25). The summed E-state index contributed by atoms with van der Waals surface area (Å²) in [5.74, 6) is -0.302. The summed E-state index contributed by atoms with van der Waals surface area (Å²) in [6, 6.07) is 16.3. The molecule has 126 valence electrons. The first-order valence-corrected chi connectivity index (χ1v) is 8.68. The highest BCUT2D eigenvalue weighted by molar-refractivity contribution is 7.80. The molecule has 6 heteroatoms. The van der Waals surface area contributed by atoms with Gasteiger partial charge >= 0.3 is 0 Å². The van der Waals surface area contributed by atoms with Crippen molar-refractivity contribution in [3.8, 4) is 0 Å². The highest BCUT2D eigenvalue weighted by atomic mass is 35.5. The molecule has 0 radical (unpaired) electrons. The molecule has 1 amide bonds. The van der Waals surface area contributed by atoms with Crippen LogP contribution in [0.15, 0.2) is 54.6 Å². The molecule has 0 unspecified atom stereocenters. The van der Waals surface area contributed by atoms with E-state index in [1.807, 2.05) is 37.3 Å². The molecule has 3 aromatic rings. The topological polar surface area (TPSA) is 41.1 Å². The Hall–Kier alpha value is -2.14. The van der Waals surface area contributed by atoms with E-state index in [1.165, 1.54) is 0 Å². The molecule has 0 saturated carbocycles. The van der Waals surface area contributed by atoms with E-state index in [9.17, 15) is 4.79 Å². The van der Waals surface area contributed by atoms with Crippen molar-refractivity contribution in [1.82, 2.24) is 5.32 Å². The first kappa shape index (κ1) is 17.7. The number of hydrogen-bond donors (Lipinski definition) is 2. The molecule has 0 heterocycles. The second kappa shape index (κ2) is 7.40. The Morgan fingerprint density at radius 2 is 1.68 bits per heavy atom. The molecule has 0 aliphatic rings. The van der Waals surface area contributed by atoms with E-state index in [2.05, 4.69) is 10.6 Å². The molecule has 3 aromatic carbocycles. The molecule has 0 fully saturated rings. The summed E-state index contributed by atoms with van der Waals surface area (Å²) >= 11 is 17.5. The van der Waals surface area contributed by atoms with Gasteiger partial charge in [0.1, 0.15) is 0 Å². The number of thiocarbonyl (C=S) groups is 1. The summed E-state index contributed by atoms with van der Waals surface area (Å²) in [7, 11) is 0. The third kappa shape index (κ3) is 3.93. The van der Waals surface area contributed by atoms with Crippen LogP contribution in [0, 0.1) is 6.92 Å². The van der Waals surface area contributed by atoms with E-state index >= 15 is 0 Å². The fraction of sp³-hybridized carbons (Fsp3) is 0.0526. The fourth-order valence-corrected chi connectivity index (χ4v) is 3.10. The summed E-state index contributed by atoms with van der Waals surface area (Å²) in [5.41, 5.74) is 2.18. The predicted molar refractivity (Wildman–Crippen MR) is 109 cm³/mol. The first-order chi connectivity index (χ1) is 12.0. The van der Waals surface area contributed by atoms with Gasteiger partial charge in [0.2, 0.25) is 0 Å². The minimum atomic E-state index is -0.302. The number of benzene rings is 3. The van der Waals surface area contributed by atoms with Gasteiger partial charge in [-0.25, -0.2) is 0 Å². The monoisotopic (exact) mass is 388 g/mol. The van der Waals surface area contributed by atoms with Crippen molar-refractivity contribution in [1.29, 1.82) is 0 Å². The molecule has 25 heavy (non-hydrogen) atoms. The minimum Gasteiger partial charge on any atom is -0.332 e. The molecular formula is C19H14Cl2N2OS. The molecule has 0 spiro atoms. The van der Waals surface area contributed by atoms with Crippen molar-refractivity contribution in [3.05, 3.63) is 75.8 Å². The van der Waals surface area contributed by atoms with E-state index in [-0.39, 0.29) is 11.0 Å². The zero-order valence-electron chi connectivity index (χ0n) is 13.3. The van der Waals surface area contributed by atoms with Crippen LogP contribution in [0.5, 0.6) is 0 Å². The average molecular weight is 389 g/mol. The molecular weight excluding hydrogens is 375 g/mol. The number of carbonyl (C=O) groups is 1. The molecule has 2 N–H and O–H groups in total. The van der Waals surface area contributed by atoms with Crippen LogP contribution in [0.25, 0.3) is 10.8 Å². The highest BCUT2D eigenvalue weighted by Gasteiger charge is 2.12. The van der Waals surface area contributed by atoms with Gasteiger partial charge in [-0.1, -0.05) is 53.5 Å². The normalized spacial score (nSPS) is 10.5. The van der Waals surface area contributed by atoms with Crippen molar-refractivity contribution in [3.63, 3.8) is 0 Å². The third-order valence-electron chi connectivity index (χ3n) is 3.77. The summed E-state index contributed by atoms with van der Waals surface area (Å²) in [6.07, 6.45) is 0. The second-order valence-electron chi connectivity index (χ2n) is 5.51. The smallest absolute Gasteiger partial charge is 0.258 e. The van der Waals surface area contributed by atoms with Crippen LogP contribution < -0.4 is 10.6 Å². The maximum Gasteiger partial charge on any atom is 0.258 e. The van der Waals surface area contributed by atoms with Crippen molar-refractivity contribution >= 4 is 62.9 Å². The number of halogens is 2. The Bertz CT molecular complexity index is 988. The van der Waals surface area contributed by atoms with Crippen LogP contribution in [-0.4, -0.2) is 11.0 Å².